The van der Waals surface area contributed by atoms with E-state index in [1.807, 2.05) is 0 Å². The molecule has 0 saturated heterocycles. The Kier molecular flexibility index (Phi) is 6.23. The van der Waals surface area contributed by atoms with E-state index in [0.717, 1.165) is 12.1 Å². The first-order chi connectivity index (χ1) is 12.9. The van der Waals surface area contributed by atoms with E-state index >= 15 is 0 Å². The van der Waals surface area contributed by atoms with Gasteiger partial charge in [-0.1, -0.05) is 20.8 Å². The molecule has 0 radical (unpaired) electrons. The van der Waals surface area contributed by atoms with Crippen molar-refractivity contribution in [1.29, 1.82) is 0 Å². The highest BCUT2D eigenvalue weighted by atomic mass is 28.4. The Labute approximate surface area is 172 Å². The summed E-state index contributed by atoms with van der Waals surface area (Å²) in [7, 11) is -2.09. The van der Waals surface area contributed by atoms with Gasteiger partial charge in [-0.25, -0.2) is 4.79 Å². The molecular formula is C21H32F3NO3Si. The molecule has 2 rings (SSSR count). The first-order valence-corrected chi connectivity index (χ1v) is 12.7. The maximum absolute atomic E-state index is 13.1. The lowest BCUT2D eigenvalue weighted by molar-refractivity contribution is -0.137. The highest BCUT2D eigenvalue weighted by Gasteiger charge is 2.42. The number of fused-ring (bicyclic) bond motifs is 1. The van der Waals surface area contributed by atoms with Gasteiger partial charge < -0.3 is 9.16 Å². The highest BCUT2D eigenvalue weighted by molar-refractivity contribution is 6.74. The fourth-order valence-electron chi connectivity index (χ4n) is 2.92. The number of nitrogens with zero attached hydrogens (tertiary/aromatic N) is 1. The van der Waals surface area contributed by atoms with Crippen LogP contribution in [0.1, 0.15) is 52.7 Å². The number of amides is 1. The zero-order chi connectivity index (χ0) is 22.4. The predicted molar refractivity (Wildman–Crippen MR) is 111 cm³/mol. The molecule has 0 N–H and O–H groups in total. The number of benzene rings is 1. The Hall–Kier alpha value is -1.54. The molecule has 29 heavy (non-hydrogen) atoms. The average molecular weight is 432 g/mol. The van der Waals surface area contributed by atoms with Gasteiger partial charge in [0.1, 0.15) is 5.60 Å². The number of carbonyl (C=O) groups excluding carboxylic acids is 1. The van der Waals surface area contributed by atoms with Crippen molar-refractivity contribution in [3.63, 3.8) is 0 Å². The van der Waals surface area contributed by atoms with Crippen LogP contribution in [0.3, 0.4) is 0 Å². The van der Waals surface area contributed by atoms with Crippen molar-refractivity contribution < 1.29 is 27.1 Å². The molecular weight excluding hydrogens is 399 g/mol. The summed E-state index contributed by atoms with van der Waals surface area (Å²) in [6.07, 6.45) is -4.70. The molecule has 0 saturated carbocycles. The Morgan fingerprint density at radius 1 is 1.14 bits per heavy atom. The van der Waals surface area contributed by atoms with Crippen LogP contribution in [0.5, 0.6) is 0 Å². The second kappa shape index (κ2) is 7.61. The lowest BCUT2D eigenvalue weighted by Gasteiger charge is -2.38. The second-order valence-electron chi connectivity index (χ2n) is 10.1. The number of hydrogen-bond donors (Lipinski definition) is 0. The normalized spacial score (nSPS) is 18.0. The molecule has 1 aliphatic rings. The fourth-order valence-corrected chi connectivity index (χ4v) is 3.96. The zero-order valence-corrected chi connectivity index (χ0v) is 19.5. The van der Waals surface area contributed by atoms with E-state index in [-0.39, 0.29) is 11.6 Å². The van der Waals surface area contributed by atoms with Crippen LogP contribution in [0.2, 0.25) is 18.1 Å². The van der Waals surface area contributed by atoms with Crippen LogP contribution in [-0.4, -0.2) is 32.7 Å². The fraction of sp³-hybridized carbons (Fsp3) is 0.667. The van der Waals surface area contributed by atoms with Gasteiger partial charge in [0.05, 0.1) is 23.9 Å². The minimum absolute atomic E-state index is 0.0152. The van der Waals surface area contributed by atoms with Gasteiger partial charge in [0.15, 0.2) is 8.32 Å². The molecule has 4 nitrogen and oxygen atoms in total. The van der Waals surface area contributed by atoms with Gasteiger partial charge in [-0.2, -0.15) is 13.2 Å². The smallest absolute Gasteiger partial charge is 0.416 e. The van der Waals surface area contributed by atoms with Crippen molar-refractivity contribution in [2.75, 3.05) is 11.5 Å². The number of alkyl halides is 3. The third kappa shape index (κ3) is 5.54. The standard InChI is InChI=1S/C21H32F3NO3Si/c1-19(2,3)28-18(26)25-16(13-27-29(7,8)20(4,5)6)12-14-11-15(21(22,23)24)9-10-17(14)25/h9-11,16H,12-13H2,1-8H3/t16-/m0/s1. The van der Waals surface area contributed by atoms with Crippen LogP contribution in [0.25, 0.3) is 0 Å². The summed E-state index contributed by atoms with van der Waals surface area (Å²) in [6.45, 7) is 16.1. The number of anilines is 1. The summed E-state index contributed by atoms with van der Waals surface area (Å²) in [5, 5.41) is -0.0152. The third-order valence-corrected chi connectivity index (χ3v) is 10.0. The van der Waals surface area contributed by atoms with Crippen LogP contribution in [0.4, 0.5) is 23.7 Å². The van der Waals surface area contributed by atoms with E-state index in [1.165, 1.54) is 11.0 Å². The quantitative estimate of drug-likeness (QED) is 0.520. The molecule has 1 aliphatic heterocycles. The van der Waals surface area contributed by atoms with Gasteiger partial charge >= 0.3 is 12.3 Å². The van der Waals surface area contributed by atoms with E-state index in [0.29, 0.717) is 17.7 Å². The summed E-state index contributed by atoms with van der Waals surface area (Å²) in [5.41, 5.74) is -0.492. The molecule has 1 heterocycles. The van der Waals surface area contributed by atoms with Gasteiger partial charge in [0, 0.05) is 0 Å². The summed E-state index contributed by atoms with van der Waals surface area (Å²) < 4.78 is 51.2. The summed E-state index contributed by atoms with van der Waals surface area (Å²) in [6, 6.07) is 3.08. The van der Waals surface area contributed by atoms with Crippen molar-refractivity contribution in [3.8, 4) is 0 Å². The van der Waals surface area contributed by atoms with E-state index < -0.39 is 37.8 Å². The largest absolute Gasteiger partial charge is 0.443 e. The Morgan fingerprint density at radius 3 is 2.21 bits per heavy atom. The molecule has 0 fully saturated rings. The molecule has 0 unspecified atom stereocenters. The van der Waals surface area contributed by atoms with Crippen molar-refractivity contribution in [3.05, 3.63) is 29.3 Å². The second-order valence-corrected chi connectivity index (χ2v) is 14.9. The molecule has 0 spiro atoms. The van der Waals surface area contributed by atoms with Crippen molar-refractivity contribution in [2.45, 2.75) is 83.9 Å². The van der Waals surface area contributed by atoms with Crippen molar-refractivity contribution >= 4 is 20.1 Å². The Bertz CT molecular complexity index is 764. The van der Waals surface area contributed by atoms with Gasteiger partial charge in [-0.15, -0.1) is 0 Å². The summed E-state index contributed by atoms with van der Waals surface area (Å²) in [4.78, 5) is 14.3. The molecule has 0 aromatic heterocycles. The lowest BCUT2D eigenvalue weighted by Crippen LogP contribution is -2.48. The van der Waals surface area contributed by atoms with Crippen molar-refractivity contribution in [1.82, 2.24) is 0 Å². The molecule has 164 valence electrons. The van der Waals surface area contributed by atoms with Gasteiger partial charge in [0.25, 0.3) is 0 Å². The molecule has 0 bridgehead atoms. The molecule has 1 amide bonds. The number of rotatable bonds is 3. The van der Waals surface area contributed by atoms with E-state index in [1.54, 1.807) is 20.8 Å². The number of hydrogen-bond acceptors (Lipinski definition) is 3. The Morgan fingerprint density at radius 2 is 1.72 bits per heavy atom. The molecule has 1 aromatic carbocycles. The van der Waals surface area contributed by atoms with Gasteiger partial charge in [0.2, 0.25) is 0 Å². The molecule has 1 aromatic rings. The van der Waals surface area contributed by atoms with E-state index in [4.69, 9.17) is 9.16 Å². The summed E-state index contributed by atoms with van der Waals surface area (Å²) >= 11 is 0. The monoisotopic (exact) mass is 431 g/mol. The first-order valence-electron chi connectivity index (χ1n) is 9.79. The SMILES string of the molecule is CC(C)(C)OC(=O)N1c2ccc(C(F)(F)F)cc2C[C@H]1CO[Si](C)(C)C(C)(C)C. The zero-order valence-electron chi connectivity index (χ0n) is 18.5. The van der Waals surface area contributed by atoms with Crippen molar-refractivity contribution in [2.24, 2.45) is 0 Å². The average Bonchev–Trinajstić information content (AvgIpc) is 2.87. The minimum Gasteiger partial charge on any atom is -0.443 e. The van der Waals surface area contributed by atoms with E-state index in [9.17, 15) is 18.0 Å². The third-order valence-electron chi connectivity index (χ3n) is 5.52. The first kappa shape index (κ1) is 23.7. The number of halogens is 3. The topological polar surface area (TPSA) is 38.8 Å². The lowest BCUT2D eigenvalue weighted by atomic mass is 10.1. The number of ether oxygens (including phenoxy) is 1. The van der Waals surface area contributed by atoms with Crippen LogP contribution in [0, 0.1) is 0 Å². The predicted octanol–water partition coefficient (Wildman–Crippen LogP) is 6.39. The maximum atomic E-state index is 13.1. The van der Waals surface area contributed by atoms with Crippen LogP contribution >= 0.6 is 0 Å². The van der Waals surface area contributed by atoms with E-state index in [2.05, 4.69) is 33.9 Å². The molecule has 0 aliphatic carbocycles. The highest BCUT2D eigenvalue weighted by Crippen LogP contribution is 2.40. The molecule has 1 atom stereocenters. The van der Waals surface area contributed by atoms with Gasteiger partial charge in [-0.05, 0) is 69.1 Å². The van der Waals surface area contributed by atoms with Crippen LogP contribution in [-0.2, 0) is 21.8 Å². The minimum atomic E-state index is -4.43. The van der Waals surface area contributed by atoms with Crippen LogP contribution < -0.4 is 4.90 Å². The summed E-state index contributed by atoms with van der Waals surface area (Å²) in [5.74, 6) is 0. The Balaban J connectivity index is 2.35. The maximum Gasteiger partial charge on any atom is 0.416 e. The van der Waals surface area contributed by atoms with Gasteiger partial charge in [-0.3, -0.25) is 4.90 Å². The van der Waals surface area contributed by atoms with Crippen LogP contribution in [0.15, 0.2) is 18.2 Å². The number of carbonyl (C=O) groups is 1. The molecule has 8 heteroatoms.